The second kappa shape index (κ2) is 5.92. The van der Waals surface area contributed by atoms with Gasteiger partial charge in [-0.1, -0.05) is 12.8 Å². The Hall–Kier alpha value is -1.22. The van der Waals surface area contributed by atoms with Crippen LogP contribution in [0.2, 0.25) is 0 Å². The lowest BCUT2D eigenvalue weighted by Crippen LogP contribution is -2.23. The molecule has 1 unspecified atom stereocenters. The molecule has 1 saturated carbocycles. The molecule has 94 valence electrons. The van der Waals surface area contributed by atoms with Crippen LogP contribution in [0.4, 0.5) is 0 Å². The van der Waals surface area contributed by atoms with Gasteiger partial charge in [0.2, 0.25) is 0 Å². The van der Waals surface area contributed by atoms with Gasteiger partial charge < -0.3 is 14.9 Å². The van der Waals surface area contributed by atoms with Gasteiger partial charge in [-0.05, 0) is 43.0 Å². The maximum absolute atomic E-state index is 9.39. The van der Waals surface area contributed by atoms with Gasteiger partial charge in [-0.15, -0.1) is 0 Å². The van der Waals surface area contributed by atoms with Gasteiger partial charge in [-0.25, -0.2) is 0 Å². The smallest absolute Gasteiger partial charge is 0.119 e. The fourth-order valence-electron chi connectivity index (χ4n) is 2.51. The fraction of sp³-hybridized carbons (Fsp3) is 0.571. The summed E-state index contributed by atoms with van der Waals surface area (Å²) in [5, 5.41) is 18.5. The van der Waals surface area contributed by atoms with E-state index in [0.717, 1.165) is 5.75 Å². The maximum Gasteiger partial charge on any atom is 0.119 e. The second-order valence-electron chi connectivity index (χ2n) is 4.79. The minimum absolute atomic E-state index is 0.197. The van der Waals surface area contributed by atoms with E-state index in [1.165, 1.54) is 25.7 Å². The summed E-state index contributed by atoms with van der Waals surface area (Å²) in [4.78, 5) is 0. The number of rotatable bonds is 5. The molecular formula is C14H20O3. The second-order valence-corrected chi connectivity index (χ2v) is 4.79. The van der Waals surface area contributed by atoms with Gasteiger partial charge in [0.25, 0.3) is 0 Å². The van der Waals surface area contributed by atoms with Crippen LogP contribution in [0, 0.1) is 11.8 Å². The highest BCUT2D eigenvalue weighted by Gasteiger charge is 2.24. The Balaban J connectivity index is 1.84. The number of ether oxygens (including phenoxy) is 1. The molecule has 0 heterocycles. The van der Waals surface area contributed by atoms with E-state index in [1.807, 2.05) is 0 Å². The molecule has 3 heteroatoms. The van der Waals surface area contributed by atoms with Crippen LogP contribution < -0.4 is 4.74 Å². The number of benzene rings is 1. The van der Waals surface area contributed by atoms with Crippen molar-refractivity contribution >= 4 is 0 Å². The molecule has 1 aliphatic carbocycles. The molecule has 17 heavy (non-hydrogen) atoms. The van der Waals surface area contributed by atoms with E-state index < -0.39 is 0 Å². The van der Waals surface area contributed by atoms with Gasteiger partial charge in [-0.2, -0.15) is 0 Å². The first kappa shape index (κ1) is 12.2. The van der Waals surface area contributed by atoms with Gasteiger partial charge in [0.1, 0.15) is 11.5 Å². The molecule has 3 nitrogen and oxygen atoms in total. The molecule has 0 saturated heterocycles. The number of phenols is 1. The maximum atomic E-state index is 9.39. The van der Waals surface area contributed by atoms with Crippen LogP contribution in [-0.2, 0) is 0 Å². The minimum atomic E-state index is 0.197. The fourth-order valence-corrected chi connectivity index (χ4v) is 2.51. The molecule has 1 aromatic carbocycles. The van der Waals surface area contributed by atoms with Crippen LogP contribution in [0.25, 0.3) is 0 Å². The molecular weight excluding hydrogens is 216 g/mol. The van der Waals surface area contributed by atoms with Crippen molar-refractivity contribution in [2.75, 3.05) is 13.2 Å². The van der Waals surface area contributed by atoms with Crippen LogP contribution >= 0.6 is 0 Å². The lowest BCUT2D eigenvalue weighted by Gasteiger charge is -2.21. The van der Waals surface area contributed by atoms with Crippen LogP contribution in [0.3, 0.4) is 0 Å². The lowest BCUT2D eigenvalue weighted by molar-refractivity contribution is 0.119. The molecule has 2 N–H and O–H groups in total. The normalized spacial score (nSPS) is 18.2. The third-order valence-electron chi connectivity index (χ3n) is 3.60. The zero-order valence-electron chi connectivity index (χ0n) is 10.0. The summed E-state index contributed by atoms with van der Waals surface area (Å²) in [6.07, 6.45) is 4.98. The van der Waals surface area contributed by atoms with Crippen LogP contribution in [0.1, 0.15) is 25.7 Å². The summed E-state index contributed by atoms with van der Waals surface area (Å²) in [6, 6.07) is 6.72. The summed E-state index contributed by atoms with van der Waals surface area (Å²) >= 11 is 0. The summed E-state index contributed by atoms with van der Waals surface area (Å²) < 4.78 is 5.66. The van der Waals surface area contributed by atoms with Crippen LogP contribution in [0.5, 0.6) is 11.5 Å². The van der Waals surface area contributed by atoms with Gasteiger partial charge in [-0.3, -0.25) is 0 Å². The number of aromatic hydroxyl groups is 1. The molecule has 0 amide bonds. The minimum Gasteiger partial charge on any atom is -0.508 e. The van der Waals surface area contributed by atoms with E-state index in [0.29, 0.717) is 12.5 Å². The van der Waals surface area contributed by atoms with E-state index in [1.54, 1.807) is 24.3 Å². The predicted octanol–water partition coefficient (Wildman–Crippen LogP) is 2.57. The van der Waals surface area contributed by atoms with E-state index >= 15 is 0 Å². The quantitative estimate of drug-likeness (QED) is 0.826. The first-order valence-corrected chi connectivity index (χ1v) is 6.32. The molecule has 1 aliphatic rings. The van der Waals surface area contributed by atoms with Crippen molar-refractivity contribution in [3.05, 3.63) is 24.3 Å². The lowest BCUT2D eigenvalue weighted by atomic mass is 9.92. The SMILES string of the molecule is OCC(COc1ccc(O)cc1)C1CCCC1. The largest absolute Gasteiger partial charge is 0.508 e. The third-order valence-corrected chi connectivity index (χ3v) is 3.60. The molecule has 1 atom stereocenters. The summed E-state index contributed by atoms with van der Waals surface area (Å²) in [6.45, 7) is 0.759. The van der Waals surface area contributed by atoms with Gasteiger partial charge in [0.05, 0.1) is 6.61 Å². The number of aliphatic hydroxyl groups is 1. The highest BCUT2D eigenvalue weighted by Crippen LogP contribution is 2.31. The van der Waals surface area contributed by atoms with E-state index in [9.17, 15) is 5.11 Å². The van der Waals surface area contributed by atoms with Crippen molar-refractivity contribution in [1.29, 1.82) is 0 Å². The van der Waals surface area contributed by atoms with E-state index in [4.69, 9.17) is 9.84 Å². The Labute approximate surface area is 102 Å². The molecule has 0 radical (unpaired) electrons. The van der Waals surface area contributed by atoms with Crippen molar-refractivity contribution in [2.45, 2.75) is 25.7 Å². The average Bonchev–Trinajstić information content (AvgIpc) is 2.86. The van der Waals surface area contributed by atoms with Gasteiger partial charge >= 0.3 is 0 Å². The molecule has 0 aliphatic heterocycles. The van der Waals surface area contributed by atoms with E-state index in [-0.39, 0.29) is 18.3 Å². The predicted molar refractivity (Wildman–Crippen MR) is 66.1 cm³/mol. The van der Waals surface area contributed by atoms with Crippen molar-refractivity contribution in [2.24, 2.45) is 11.8 Å². The Morgan fingerprint density at radius 1 is 1.18 bits per heavy atom. The molecule has 2 rings (SSSR count). The number of hydrogen-bond acceptors (Lipinski definition) is 3. The number of hydrogen-bond donors (Lipinski definition) is 2. The van der Waals surface area contributed by atoms with Crippen molar-refractivity contribution < 1.29 is 14.9 Å². The molecule has 1 aromatic rings. The Kier molecular flexibility index (Phi) is 4.26. The summed E-state index contributed by atoms with van der Waals surface area (Å²) in [7, 11) is 0. The Morgan fingerprint density at radius 3 is 2.41 bits per heavy atom. The molecule has 0 aromatic heterocycles. The Morgan fingerprint density at radius 2 is 1.82 bits per heavy atom. The zero-order chi connectivity index (χ0) is 12.1. The number of aliphatic hydroxyl groups excluding tert-OH is 1. The number of phenolic OH excluding ortho intramolecular Hbond substituents is 1. The molecule has 1 fully saturated rings. The van der Waals surface area contributed by atoms with Crippen molar-refractivity contribution in [1.82, 2.24) is 0 Å². The first-order chi connectivity index (χ1) is 8.29. The average molecular weight is 236 g/mol. The van der Waals surface area contributed by atoms with Crippen molar-refractivity contribution in [3.63, 3.8) is 0 Å². The van der Waals surface area contributed by atoms with Gasteiger partial charge in [0.15, 0.2) is 0 Å². The zero-order valence-corrected chi connectivity index (χ0v) is 10.0. The standard InChI is InChI=1S/C14H20O3/c15-9-12(11-3-1-2-4-11)10-17-14-7-5-13(16)6-8-14/h5-8,11-12,15-16H,1-4,9-10H2. The van der Waals surface area contributed by atoms with Crippen molar-refractivity contribution in [3.8, 4) is 11.5 Å². The summed E-state index contributed by atoms with van der Waals surface area (Å²) in [5.41, 5.74) is 0. The summed E-state index contributed by atoms with van der Waals surface area (Å²) in [5.74, 6) is 1.84. The highest BCUT2D eigenvalue weighted by molar-refractivity contribution is 5.30. The van der Waals surface area contributed by atoms with E-state index in [2.05, 4.69) is 0 Å². The highest BCUT2D eigenvalue weighted by atomic mass is 16.5. The molecule has 0 spiro atoms. The van der Waals surface area contributed by atoms with Gasteiger partial charge in [0, 0.05) is 12.5 Å². The first-order valence-electron chi connectivity index (χ1n) is 6.32. The van der Waals surface area contributed by atoms with Crippen LogP contribution in [-0.4, -0.2) is 23.4 Å². The molecule has 0 bridgehead atoms. The topological polar surface area (TPSA) is 49.7 Å². The Bertz CT molecular complexity index is 328. The monoisotopic (exact) mass is 236 g/mol. The third kappa shape index (κ3) is 3.37. The van der Waals surface area contributed by atoms with Crippen LogP contribution in [0.15, 0.2) is 24.3 Å².